The predicted molar refractivity (Wildman–Crippen MR) is 144 cm³/mol. The first kappa shape index (κ1) is 23.4. The molecule has 1 amide bonds. The maximum Gasteiger partial charge on any atom is 0.274 e. The highest BCUT2D eigenvalue weighted by Crippen LogP contribution is 2.46. The molecule has 7 heteroatoms. The Morgan fingerprint density at radius 3 is 2.51 bits per heavy atom. The molecule has 1 atom stereocenters. The van der Waals surface area contributed by atoms with Gasteiger partial charge in [-0.25, -0.2) is 0 Å². The van der Waals surface area contributed by atoms with Crippen LogP contribution in [-0.4, -0.2) is 43.6 Å². The van der Waals surface area contributed by atoms with Gasteiger partial charge in [0, 0.05) is 40.8 Å². The zero-order valence-corrected chi connectivity index (χ0v) is 21.4. The number of carbonyl (C=O) groups is 1. The maximum atomic E-state index is 13.9. The number of H-pyrrole nitrogens is 1. The average Bonchev–Trinajstić information content (AvgIpc) is 3.44. The summed E-state index contributed by atoms with van der Waals surface area (Å²) in [6.07, 6.45) is 0. The van der Waals surface area contributed by atoms with Gasteiger partial charge in [0.25, 0.3) is 5.91 Å². The second-order valence-corrected chi connectivity index (χ2v) is 9.68. The molecular formula is C28H30ClN3O3. The van der Waals surface area contributed by atoms with Crippen molar-refractivity contribution in [2.24, 2.45) is 0 Å². The van der Waals surface area contributed by atoms with Gasteiger partial charge in [-0.15, -0.1) is 11.6 Å². The van der Waals surface area contributed by atoms with E-state index >= 15 is 0 Å². The van der Waals surface area contributed by atoms with Crippen LogP contribution in [-0.2, 0) is 0 Å². The van der Waals surface area contributed by atoms with Gasteiger partial charge in [0.05, 0.1) is 25.4 Å². The van der Waals surface area contributed by atoms with Gasteiger partial charge in [-0.2, -0.15) is 0 Å². The number of hydrogen-bond donors (Lipinski definition) is 2. The Morgan fingerprint density at radius 2 is 1.86 bits per heavy atom. The van der Waals surface area contributed by atoms with Crippen molar-refractivity contribution in [2.75, 3.05) is 36.9 Å². The van der Waals surface area contributed by atoms with E-state index in [1.807, 2.05) is 36.1 Å². The number of benzene rings is 3. The maximum absolute atomic E-state index is 13.9. The van der Waals surface area contributed by atoms with Crippen molar-refractivity contribution in [1.29, 1.82) is 0 Å². The monoisotopic (exact) mass is 491 g/mol. The Morgan fingerprint density at radius 1 is 1.14 bits per heavy atom. The quantitative estimate of drug-likeness (QED) is 0.304. The molecule has 0 fully saturated rings. The first-order valence-corrected chi connectivity index (χ1v) is 12.4. The van der Waals surface area contributed by atoms with E-state index in [-0.39, 0.29) is 17.9 Å². The third kappa shape index (κ3) is 3.76. The molecule has 35 heavy (non-hydrogen) atoms. The molecule has 0 saturated carbocycles. The van der Waals surface area contributed by atoms with Crippen LogP contribution in [0.4, 0.5) is 11.4 Å². The molecule has 5 rings (SSSR count). The van der Waals surface area contributed by atoms with E-state index in [0.29, 0.717) is 29.6 Å². The molecular weight excluding hydrogens is 462 g/mol. The van der Waals surface area contributed by atoms with E-state index in [1.54, 1.807) is 14.2 Å². The van der Waals surface area contributed by atoms with Crippen molar-refractivity contribution in [1.82, 2.24) is 4.98 Å². The number of aryl methyl sites for hydroxylation is 1. The van der Waals surface area contributed by atoms with Crippen LogP contribution < -0.4 is 19.7 Å². The third-order valence-electron chi connectivity index (χ3n) is 6.69. The molecule has 4 aromatic rings. The number of methoxy groups -OCH3 is 2. The fourth-order valence-electron chi connectivity index (χ4n) is 5.27. The van der Waals surface area contributed by atoms with E-state index in [1.165, 1.54) is 0 Å². The number of hydrogen-bond acceptors (Lipinski definition) is 4. The van der Waals surface area contributed by atoms with Crippen LogP contribution in [0, 0.1) is 6.92 Å². The summed E-state index contributed by atoms with van der Waals surface area (Å²) in [7, 11) is 3.22. The van der Waals surface area contributed by atoms with Gasteiger partial charge in [0.15, 0.2) is 11.5 Å². The van der Waals surface area contributed by atoms with Crippen LogP contribution in [0.15, 0.2) is 42.5 Å². The number of ether oxygens (including phenoxy) is 2. The fourth-order valence-corrected chi connectivity index (χ4v) is 5.52. The Hall–Kier alpha value is -3.38. The highest BCUT2D eigenvalue weighted by atomic mass is 35.5. The average molecular weight is 492 g/mol. The van der Waals surface area contributed by atoms with Crippen LogP contribution in [0.2, 0.25) is 0 Å². The highest BCUT2D eigenvalue weighted by Gasteiger charge is 2.35. The van der Waals surface area contributed by atoms with E-state index in [9.17, 15) is 4.79 Å². The SMILES string of the molecule is COc1c(C)cc2cc(C(=O)N3C[C@@H](CCl)c4c3cc(NC(C)C)c3ccccc43)[nH]c2c1OC. The van der Waals surface area contributed by atoms with Gasteiger partial charge >= 0.3 is 0 Å². The number of rotatable bonds is 6. The molecule has 182 valence electrons. The molecule has 3 aromatic carbocycles. The van der Waals surface area contributed by atoms with E-state index in [4.69, 9.17) is 21.1 Å². The second-order valence-electron chi connectivity index (χ2n) is 9.38. The normalized spacial score (nSPS) is 15.2. The van der Waals surface area contributed by atoms with E-state index in [2.05, 4.69) is 42.3 Å². The summed E-state index contributed by atoms with van der Waals surface area (Å²) in [5, 5.41) is 6.73. The first-order valence-electron chi connectivity index (χ1n) is 11.8. The number of aromatic amines is 1. The zero-order valence-electron chi connectivity index (χ0n) is 20.7. The number of carbonyl (C=O) groups excluding carboxylic acids is 1. The van der Waals surface area contributed by atoms with E-state index < -0.39 is 0 Å². The summed E-state index contributed by atoms with van der Waals surface area (Å²) in [6, 6.07) is 14.6. The van der Waals surface area contributed by atoms with Crippen molar-refractivity contribution in [3.05, 3.63) is 59.3 Å². The number of nitrogens with one attached hydrogen (secondary N) is 2. The highest BCUT2D eigenvalue weighted by molar-refractivity contribution is 6.19. The van der Waals surface area contributed by atoms with Gasteiger partial charge in [0.2, 0.25) is 0 Å². The largest absolute Gasteiger partial charge is 0.493 e. The van der Waals surface area contributed by atoms with Gasteiger partial charge in [-0.05, 0) is 55.5 Å². The molecule has 2 N–H and O–H groups in total. The van der Waals surface area contributed by atoms with Crippen LogP contribution >= 0.6 is 11.6 Å². The molecule has 6 nitrogen and oxygen atoms in total. The molecule has 0 bridgehead atoms. The Balaban J connectivity index is 1.65. The Bertz CT molecular complexity index is 1440. The van der Waals surface area contributed by atoms with Crippen molar-refractivity contribution in [3.63, 3.8) is 0 Å². The Kier molecular flexibility index (Phi) is 6.01. The summed E-state index contributed by atoms with van der Waals surface area (Å²) >= 11 is 6.44. The lowest BCUT2D eigenvalue weighted by Gasteiger charge is -2.20. The number of nitrogens with zero attached hydrogens (tertiary/aromatic N) is 1. The minimum Gasteiger partial charge on any atom is -0.493 e. The molecule has 0 spiro atoms. The first-order chi connectivity index (χ1) is 16.9. The number of amides is 1. The Labute approximate surface area is 210 Å². The standard InChI is InChI=1S/C28H30ClN3O3/c1-15(2)30-21-12-23-24(20-9-7-6-8-19(20)21)18(13-29)14-32(23)28(33)22-11-17-10-16(3)26(34-4)27(35-5)25(17)31-22/h6-12,15,18,30-31H,13-14H2,1-5H3/t18-/m1/s1. The number of halogens is 1. The minimum absolute atomic E-state index is 0.0508. The summed E-state index contributed by atoms with van der Waals surface area (Å²) < 4.78 is 11.2. The fraction of sp³-hybridized carbons (Fsp3) is 0.321. The number of alkyl halides is 1. The van der Waals surface area contributed by atoms with Crippen molar-refractivity contribution in [3.8, 4) is 11.5 Å². The summed E-state index contributed by atoms with van der Waals surface area (Å²) in [5.74, 6) is 1.64. The summed E-state index contributed by atoms with van der Waals surface area (Å²) in [5.41, 5.74) is 5.23. The van der Waals surface area contributed by atoms with Gasteiger partial charge < -0.3 is 24.7 Å². The molecule has 1 aromatic heterocycles. The molecule has 0 unspecified atom stereocenters. The minimum atomic E-state index is -0.0977. The second kappa shape index (κ2) is 9.00. The smallest absolute Gasteiger partial charge is 0.274 e. The van der Waals surface area contributed by atoms with Crippen LogP contribution in [0.3, 0.4) is 0 Å². The van der Waals surface area contributed by atoms with Gasteiger partial charge in [-0.3, -0.25) is 4.79 Å². The van der Waals surface area contributed by atoms with Crippen LogP contribution in [0.25, 0.3) is 21.7 Å². The summed E-state index contributed by atoms with van der Waals surface area (Å²) in [4.78, 5) is 19.1. The topological polar surface area (TPSA) is 66.6 Å². The van der Waals surface area contributed by atoms with E-state index in [0.717, 1.165) is 44.2 Å². The molecule has 0 radical (unpaired) electrons. The molecule has 2 heterocycles. The number of anilines is 2. The number of aromatic nitrogens is 1. The molecule has 1 aliphatic heterocycles. The zero-order chi connectivity index (χ0) is 24.9. The van der Waals surface area contributed by atoms with Crippen molar-refractivity contribution < 1.29 is 14.3 Å². The van der Waals surface area contributed by atoms with Crippen LogP contribution in [0.1, 0.15) is 41.4 Å². The van der Waals surface area contributed by atoms with Crippen molar-refractivity contribution >= 4 is 50.6 Å². The predicted octanol–water partition coefficient (Wildman–Crippen LogP) is 6.45. The van der Waals surface area contributed by atoms with Crippen LogP contribution in [0.5, 0.6) is 11.5 Å². The lowest BCUT2D eigenvalue weighted by atomic mass is 9.95. The van der Waals surface area contributed by atoms with Gasteiger partial charge in [0.1, 0.15) is 5.69 Å². The number of fused-ring (bicyclic) bond motifs is 4. The van der Waals surface area contributed by atoms with Gasteiger partial charge in [-0.1, -0.05) is 24.3 Å². The molecule has 0 aliphatic carbocycles. The van der Waals surface area contributed by atoms with Crippen molar-refractivity contribution in [2.45, 2.75) is 32.7 Å². The molecule has 0 saturated heterocycles. The molecule has 1 aliphatic rings. The summed E-state index contributed by atoms with van der Waals surface area (Å²) in [6.45, 7) is 6.72. The lowest BCUT2D eigenvalue weighted by Crippen LogP contribution is -2.30. The third-order valence-corrected chi connectivity index (χ3v) is 7.06. The lowest BCUT2D eigenvalue weighted by molar-refractivity contribution is 0.0984.